The molecule has 0 aromatic carbocycles. The summed E-state index contributed by atoms with van der Waals surface area (Å²) in [5, 5.41) is 9.29. The van der Waals surface area contributed by atoms with Crippen LogP contribution in [-0.4, -0.2) is 26.8 Å². The van der Waals surface area contributed by atoms with Crippen LogP contribution < -0.4 is 0 Å². The number of hydrogen-bond acceptors (Lipinski definition) is 4. The lowest BCUT2D eigenvalue weighted by molar-refractivity contribution is -0.133. The second-order valence-corrected chi connectivity index (χ2v) is 3.75. The number of carboxylic acids is 1. The first-order valence-electron chi connectivity index (χ1n) is 4.30. The van der Waals surface area contributed by atoms with Crippen LogP contribution in [0.5, 0.6) is 0 Å². The Bertz CT molecular complexity index is 342. The summed E-state index contributed by atoms with van der Waals surface area (Å²) < 4.78 is 0. The zero-order valence-electron chi connectivity index (χ0n) is 8.15. The molecule has 1 aromatic rings. The molecule has 0 unspecified atom stereocenters. The average Bonchev–Trinajstić information content (AvgIpc) is 2.16. The van der Waals surface area contributed by atoms with E-state index in [-0.39, 0.29) is 5.75 Å². The van der Waals surface area contributed by atoms with Gasteiger partial charge >= 0.3 is 5.97 Å². The Labute approximate surface area is 86.8 Å². The lowest BCUT2D eigenvalue weighted by atomic mass is 10.2. The molecule has 14 heavy (non-hydrogen) atoms. The first-order valence-corrected chi connectivity index (χ1v) is 5.28. The van der Waals surface area contributed by atoms with Crippen molar-refractivity contribution in [2.45, 2.75) is 25.3 Å². The predicted octanol–water partition coefficient (Wildman–Crippen LogP) is 1.52. The highest BCUT2D eigenvalue weighted by Crippen LogP contribution is 2.20. The molecule has 5 heteroatoms. The summed E-state index contributed by atoms with van der Waals surface area (Å²) >= 11 is 1.23. The lowest BCUT2D eigenvalue weighted by Crippen LogP contribution is -2.01. The third kappa shape index (κ3) is 2.70. The highest BCUT2D eigenvalue weighted by molar-refractivity contribution is 7.99. The lowest BCUT2D eigenvalue weighted by Gasteiger charge is -2.05. The normalized spacial score (nSPS) is 10.1. The van der Waals surface area contributed by atoms with E-state index in [1.807, 2.05) is 13.8 Å². The van der Waals surface area contributed by atoms with E-state index in [0.29, 0.717) is 0 Å². The van der Waals surface area contributed by atoms with Crippen LogP contribution in [0.3, 0.4) is 0 Å². The largest absolute Gasteiger partial charge is 0.481 e. The van der Waals surface area contributed by atoms with E-state index in [4.69, 9.17) is 5.11 Å². The molecule has 0 aliphatic carbocycles. The monoisotopic (exact) mass is 212 g/mol. The Balaban J connectivity index is 2.81. The maximum absolute atomic E-state index is 10.4. The Kier molecular flexibility index (Phi) is 3.88. The number of aliphatic carboxylic acids is 1. The molecule has 0 spiro atoms. The predicted molar refractivity (Wildman–Crippen MR) is 54.5 cm³/mol. The number of carboxylic acid groups (broad SMARTS) is 1. The van der Waals surface area contributed by atoms with Gasteiger partial charge in [0.15, 0.2) is 0 Å². The molecule has 0 atom stereocenters. The zero-order valence-corrected chi connectivity index (χ0v) is 8.97. The Hall–Kier alpha value is -1.10. The van der Waals surface area contributed by atoms with Crippen molar-refractivity contribution < 1.29 is 9.90 Å². The molecule has 0 aliphatic rings. The van der Waals surface area contributed by atoms with Crippen molar-refractivity contribution in [1.29, 1.82) is 0 Å². The third-order valence-electron chi connectivity index (χ3n) is 1.81. The molecule has 0 bridgehead atoms. The summed E-state index contributed by atoms with van der Waals surface area (Å²) in [5.41, 5.74) is 1.97. The Morgan fingerprint density at radius 3 is 2.86 bits per heavy atom. The van der Waals surface area contributed by atoms with Crippen LogP contribution in [0, 0.1) is 6.92 Å². The van der Waals surface area contributed by atoms with Crippen molar-refractivity contribution in [3.63, 3.8) is 0 Å². The van der Waals surface area contributed by atoms with Gasteiger partial charge in [0.1, 0.15) is 11.4 Å². The van der Waals surface area contributed by atoms with Crippen molar-refractivity contribution in [2.75, 3.05) is 5.75 Å². The highest BCUT2D eigenvalue weighted by Gasteiger charge is 2.07. The standard InChI is InChI=1S/C9H12N2O2S/c1-3-7-6(2)9(11-5-10-7)14-4-8(12)13/h5H,3-4H2,1-2H3,(H,12,13). The molecule has 0 saturated carbocycles. The number of aromatic nitrogens is 2. The van der Waals surface area contributed by atoms with Crippen molar-refractivity contribution in [3.8, 4) is 0 Å². The van der Waals surface area contributed by atoms with Crippen LogP contribution in [0.15, 0.2) is 11.4 Å². The van der Waals surface area contributed by atoms with Crippen LogP contribution in [0.25, 0.3) is 0 Å². The molecule has 1 heterocycles. The number of carbonyl (C=O) groups is 1. The second-order valence-electron chi connectivity index (χ2n) is 2.79. The van der Waals surface area contributed by atoms with Gasteiger partial charge < -0.3 is 5.11 Å². The van der Waals surface area contributed by atoms with Gasteiger partial charge in [-0.2, -0.15) is 0 Å². The zero-order chi connectivity index (χ0) is 10.6. The van der Waals surface area contributed by atoms with Crippen molar-refractivity contribution >= 4 is 17.7 Å². The van der Waals surface area contributed by atoms with Gasteiger partial charge in [-0.05, 0) is 13.3 Å². The van der Waals surface area contributed by atoms with Crippen molar-refractivity contribution in [3.05, 3.63) is 17.6 Å². The first-order chi connectivity index (χ1) is 6.65. The Morgan fingerprint density at radius 2 is 2.29 bits per heavy atom. The van der Waals surface area contributed by atoms with E-state index >= 15 is 0 Å². The van der Waals surface area contributed by atoms with E-state index < -0.39 is 5.97 Å². The Morgan fingerprint density at radius 1 is 1.57 bits per heavy atom. The second kappa shape index (κ2) is 4.95. The van der Waals surface area contributed by atoms with Crippen molar-refractivity contribution in [1.82, 2.24) is 9.97 Å². The maximum atomic E-state index is 10.4. The van der Waals surface area contributed by atoms with Gasteiger partial charge in [-0.3, -0.25) is 4.79 Å². The molecule has 0 aliphatic heterocycles. The van der Waals surface area contributed by atoms with Crippen LogP contribution in [0.1, 0.15) is 18.2 Å². The van der Waals surface area contributed by atoms with E-state index in [2.05, 4.69) is 9.97 Å². The van der Waals surface area contributed by atoms with Crippen LogP contribution in [-0.2, 0) is 11.2 Å². The molecule has 1 N–H and O–H groups in total. The molecule has 0 saturated heterocycles. The average molecular weight is 212 g/mol. The quantitative estimate of drug-likeness (QED) is 0.605. The molecular weight excluding hydrogens is 200 g/mol. The third-order valence-corrected chi connectivity index (χ3v) is 2.89. The molecular formula is C9H12N2O2S. The van der Waals surface area contributed by atoms with Gasteiger partial charge in [-0.15, -0.1) is 0 Å². The molecule has 0 amide bonds. The molecule has 1 aromatic heterocycles. The van der Waals surface area contributed by atoms with E-state index in [9.17, 15) is 4.79 Å². The van der Waals surface area contributed by atoms with Gasteiger partial charge in [0.05, 0.1) is 5.75 Å². The molecule has 76 valence electrons. The fourth-order valence-electron chi connectivity index (χ4n) is 1.10. The van der Waals surface area contributed by atoms with Crippen LogP contribution in [0.4, 0.5) is 0 Å². The number of thioether (sulfide) groups is 1. The number of hydrogen-bond donors (Lipinski definition) is 1. The summed E-state index contributed by atoms with van der Waals surface area (Å²) in [7, 11) is 0. The molecule has 0 radical (unpaired) electrons. The number of aryl methyl sites for hydroxylation is 1. The SMILES string of the molecule is CCc1ncnc(SCC(=O)O)c1C. The number of nitrogens with zero attached hydrogens (tertiary/aromatic N) is 2. The van der Waals surface area contributed by atoms with Crippen LogP contribution in [0.2, 0.25) is 0 Å². The molecule has 4 nitrogen and oxygen atoms in total. The fourth-order valence-corrected chi connectivity index (χ4v) is 1.82. The number of rotatable bonds is 4. The van der Waals surface area contributed by atoms with E-state index in [1.165, 1.54) is 18.1 Å². The summed E-state index contributed by atoms with van der Waals surface area (Å²) in [6.07, 6.45) is 2.32. The van der Waals surface area contributed by atoms with E-state index in [1.54, 1.807) is 0 Å². The van der Waals surface area contributed by atoms with Gasteiger partial charge in [0, 0.05) is 11.3 Å². The van der Waals surface area contributed by atoms with Crippen molar-refractivity contribution in [2.24, 2.45) is 0 Å². The minimum absolute atomic E-state index is 0.0427. The smallest absolute Gasteiger partial charge is 0.313 e. The van der Waals surface area contributed by atoms with Gasteiger partial charge in [0.25, 0.3) is 0 Å². The summed E-state index contributed by atoms with van der Waals surface area (Å²) in [6.45, 7) is 3.93. The topological polar surface area (TPSA) is 63.1 Å². The summed E-state index contributed by atoms with van der Waals surface area (Å²) in [6, 6.07) is 0. The van der Waals surface area contributed by atoms with Crippen LogP contribution >= 0.6 is 11.8 Å². The first kappa shape index (κ1) is 11.0. The minimum atomic E-state index is -0.828. The summed E-state index contributed by atoms with van der Waals surface area (Å²) in [5.74, 6) is -0.785. The highest BCUT2D eigenvalue weighted by atomic mass is 32.2. The summed E-state index contributed by atoms with van der Waals surface area (Å²) in [4.78, 5) is 18.5. The minimum Gasteiger partial charge on any atom is -0.481 e. The molecule has 1 rings (SSSR count). The van der Waals surface area contributed by atoms with Gasteiger partial charge in [-0.1, -0.05) is 18.7 Å². The van der Waals surface area contributed by atoms with Gasteiger partial charge in [-0.25, -0.2) is 9.97 Å². The van der Waals surface area contributed by atoms with Gasteiger partial charge in [0.2, 0.25) is 0 Å². The maximum Gasteiger partial charge on any atom is 0.313 e. The fraction of sp³-hybridized carbons (Fsp3) is 0.444. The molecule has 0 fully saturated rings. The van der Waals surface area contributed by atoms with E-state index in [0.717, 1.165) is 22.7 Å².